The van der Waals surface area contributed by atoms with E-state index in [1.807, 2.05) is 29.2 Å². The number of thiazole rings is 1. The molecule has 3 heterocycles. The van der Waals surface area contributed by atoms with E-state index in [1.54, 1.807) is 18.2 Å². The van der Waals surface area contributed by atoms with Crippen LogP contribution in [0.15, 0.2) is 42.9 Å². The van der Waals surface area contributed by atoms with E-state index >= 15 is 0 Å². The summed E-state index contributed by atoms with van der Waals surface area (Å²) >= 11 is 1.38. The van der Waals surface area contributed by atoms with Gasteiger partial charge in [-0.1, -0.05) is 0 Å². The van der Waals surface area contributed by atoms with E-state index < -0.39 is 5.82 Å². The number of hydrogen-bond donors (Lipinski definition) is 0. The van der Waals surface area contributed by atoms with Gasteiger partial charge < -0.3 is 14.5 Å². The van der Waals surface area contributed by atoms with Gasteiger partial charge in [0, 0.05) is 31.7 Å². The molecule has 0 saturated carbocycles. The summed E-state index contributed by atoms with van der Waals surface area (Å²) in [5.41, 5.74) is 0.947. The molecule has 0 unspecified atom stereocenters. The van der Waals surface area contributed by atoms with Gasteiger partial charge in [-0.05, 0) is 24.3 Å². The van der Waals surface area contributed by atoms with E-state index in [-0.39, 0.29) is 5.91 Å². The molecule has 28 heavy (non-hydrogen) atoms. The number of piperazine rings is 1. The highest BCUT2D eigenvalue weighted by Gasteiger charge is 2.25. The zero-order chi connectivity index (χ0) is 19.5. The van der Waals surface area contributed by atoms with Crippen molar-refractivity contribution in [3.8, 4) is 16.3 Å². The third-order valence-corrected chi connectivity index (χ3v) is 5.54. The van der Waals surface area contributed by atoms with Crippen LogP contribution in [0.1, 0.15) is 9.67 Å². The number of halogens is 1. The molecular formula is C19H18FN5O2S. The summed E-state index contributed by atoms with van der Waals surface area (Å²) in [5, 5.41) is 0.796. The van der Waals surface area contributed by atoms with Gasteiger partial charge in [0.1, 0.15) is 15.6 Å². The molecule has 144 valence electrons. The first-order chi connectivity index (χ1) is 13.6. The number of ether oxygens (including phenoxy) is 1. The van der Waals surface area contributed by atoms with Crippen molar-refractivity contribution in [1.29, 1.82) is 0 Å². The Balaban J connectivity index is 1.40. The van der Waals surface area contributed by atoms with Gasteiger partial charge in [-0.3, -0.25) is 4.79 Å². The summed E-state index contributed by atoms with van der Waals surface area (Å²) in [6.07, 6.45) is 3.93. The number of anilines is 1. The third-order valence-electron chi connectivity index (χ3n) is 4.51. The lowest BCUT2D eigenvalue weighted by Gasteiger charge is -2.34. The summed E-state index contributed by atoms with van der Waals surface area (Å²) < 4.78 is 18.1. The Morgan fingerprint density at radius 2 is 1.71 bits per heavy atom. The van der Waals surface area contributed by atoms with E-state index in [2.05, 4.69) is 15.0 Å². The first kappa shape index (κ1) is 18.3. The molecule has 0 atom stereocenters. The van der Waals surface area contributed by atoms with Crippen molar-refractivity contribution in [3.05, 3.63) is 53.6 Å². The van der Waals surface area contributed by atoms with E-state index in [9.17, 15) is 9.18 Å². The number of rotatable bonds is 4. The standard InChI is InChI=1S/C19H18FN5O2S/c1-27-15-4-2-13(3-5-15)17-21-12-16(28-17)18(26)24-6-8-25(9-7-24)19-22-10-14(20)11-23-19/h2-5,10-12H,6-9H2,1H3. The minimum Gasteiger partial charge on any atom is -0.497 e. The van der Waals surface area contributed by atoms with Gasteiger partial charge in [0.2, 0.25) is 5.95 Å². The number of carbonyl (C=O) groups is 1. The van der Waals surface area contributed by atoms with E-state index in [4.69, 9.17) is 4.74 Å². The molecule has 7 nitrogen and oxygen atoms in total. The van der Waals surface area contributed by atoms with E-state index in [1.165, 1.54) is 11.3 Å². The van der Waals surface area contributed by atoms with Gasteiger partial charge in [0.25, 0.3) is 5.91 Å². The summed E-state index contributed by atoms with van der Waals surface area (Å²) in [6, 6.07) is 7.59. The van der Waals surface area contributed by atoms with Crippen molar-refractivity contribution in [2.45, 2.75) is 0 Å². The Hall–Kier alpha value is -3.07. The summed E-state index contributed by atoms with van der Waals surface area (Å²) in [4.78, 5) is 29.5. The average molecular weight is 399 g/mol. The van der Waals surface area contributed by atoms with Crippen molar-refractivity contribution < 1.29 is 13.9 Å². The molecule has 0 bridgehead atoms. The molecule has 4 rings (SSSR count). The van der Waals surface area contributed by atoms with Gasteiger partial charge >= 0.3 is 0 Å². The lowest BCUT2D eigenvalue weighted by atomic mass is 10.2. The molecule has 1 fully saturated rings. The molecule has 2 aromatic heterocycles. The second-order valence-electron chi connectivity index (χ2n) is 6.24. The van der Waals surface area contributed by atoms with Crippen molar-refractivity contribution in [1.82, 2.24) is 19.9 Å². The fraction of sp³-hybridized carbons (Fsp3) is 0.263. The molecule has 1 saturated heterocycles. The number of aromatic nitrogens is 3. The maximum Gasteiger partial charge on any atom is 0.265 e. The van der Waals surface area contributed by atoms with Crippen molar-refractivity contribution in [2.75, 3.05) is 38.2 Å². The van der Waals surface area contributed by atoms with Gasteiger partial charge in [0.05, 0.1) is 25.7 Å². The molecule has 0 aliphatic carbocycles. The maximum atomic E-state index is 13.0. The molecule has 0 spiro atoms. The lowest BCUT2D eigenvalue weighted by Crippen LogP contribution is -2.49. The van der Waals surface area contributed by atoms with Crippen LogP contribution in [0.25, 0.3) is 10.6 Å². The largest absolute Gasteiger partial charge is 0.497 e. The number of amides is 1. The lowest BCUT2D eigenvalue weighted by molar-refractivity contribution is 0.0751. The second kappa shape index (κ2) is 7.89. The number of benzene rings is 1. The molecule has 1 amide bonds. The molecule has 1 aromatic carbocycles. The smallest absolute Gasteiger partial charge is 0.265 e. The minimum absolute atomic E-state index is 0.0306. The number of hydrogen-bond acceptors (Lipinski definition) is 7. The van der Waals surface area contributed by atoms with Gasteiger partial charge in [-0.25, -0.2) is 19.3 Å². The Bertz CT molecular complexity index is 953. The predicted molar refractivity (Wildman–Crippen MR) is 104 cm³/mol. The summed E-state index contributed by atoms with van der Waals surface area (Å²) in [6.45, 7) is 2.30. The first-order valence-corrected chi connectivity index (χ1v) is 9.58. The van der Waals surface area contributed by atoms with Crippen LogP contribution in [0.3, 0.4) is 0 Å². The van der Waals surface area contributed by atoms with E-state index in [0.29, 0.717) is 37.0 Å². The van der Waals surface area contributed by atoms with Crippen LogP contribution in [0.5, 0.6) is 5.75 Å². The highest BCUT2D eigenvalue weighted by atomic mass is 32.1. The second-order valence-corrected chi connectivity index (χ2v) is 7.27. The van der Waals surface area contributed by atoms with Gasteiger partial charge in [-0.15, -0.1) is 11.3 Å². The Labute approximate surface area is 165 Å². The van der Waals surface area contributed by atoms with Crippen molar-refractivity contribution in [2.24, 2.45) is 0 Å². The summed E-state index contributed by atoms with van der Waals surface area (Å²) in [7, 11) is 1.62. The Morgan fingerprint density at radius 3 is 2.36 bits per heavy atom. The molecular weight excluding hydrogens is 381 g/mol. The van der Waals surface area contributed by atoms with Gasteiger partial charge in [0.15, 0.2) is 5.82 Å². The molecule has 3 aromatic rings. The SMILES string of the molecule is COc1ccc(-c2ncc(C(=O)N3CCN(c4ncc(F)cn4)CC3)s2)cc1. The van der Waals surface area contributed by atoms with Crippen LogP contribution in [0, 0.1) is 5.82 Å². The van der Waals surface area contributed by atoms with Crippen LogP contribution in [0.2, 0.25) is 0 Å². The minimum atomic E-state index is -0.463. The first-order valence-electron chi connectivity index (χ1n) is 8.76. The van der Waals surface area contributed by atoms with Crippen LogP contribution in [0.4, 0.5) is 10.3 Å². The zero-order valence-electron chi connectivity index (χ0n) is 15.2. The zero-order valence-corrected chi connectivity index (χ0v) is 16.0. The fourth-order valence-electron chi connectivity index (χ4n) is 2.97. The highest BCUT2D eigenvalue weighted by molar-refractivity contribution is 7.16. The Kier molecular flexibility index (Phi) is 5.16. The quantitative estimate of drug-likeness (QED) is 0.672. The van der Waals surface area contributed by atoms with E-state index in [0.717, 1.165) is 28.7 Å². The van der Waals surface area contributed by atoms with Crippen LogP contribution >= 0.6 is 11.3 Å². The molecule has 1 aliphatic rings. The molecule has 1 aliphatic heterocycles. The van der Waals surface area contributed by atoms with Crippen LogP contribution in [-0.4, -0.2) is 59.0 Å². The molecule has 0 N–H and O–H groups in total. The average Bonchev–Trinajstić information content (AvgIpc) is 3.24. The monoisotopic (exact) mass is 399 g/mol. The topological polar surface area (TPSA) is 71.5 Å². The summed E-state index contributed by atoms with van der Waals surface area (Å²) in [5.74, 6) is 0.764. The highest BCUT2D eigenvalue weighted by Crippen LogP contribution is 2.27. The van der Waals surface area contributed by atoms with Crippen LogP contribution in [-0.2, 0) is 0 Å². The fourth-order valence-corrected chi connectivity index (χ4v) is 3.86. The number of nitrogens with zero attached hydrogens (tertiary/aromatic N) is 5. The number of methoxy groups -OCH3 is 1. The van der Waals surface area contributed by atoms with Crippen LogP contribution < -0.4 is 9.64 Å². The van der Waals surface area contributed by atoms with Gasteiger partial charge in [-0.2, -0.15) is 0 Å². The van der Waals surface area contributed by atoms with Crippen molar-refractivity contribution in [3.63, 3.8) is 0 Å². The Morgan fingerprint density at radius 1 is 1.04 bits per heavy atom. The normalized spacial score (nSPS) is 14.2. The number of carbonyl (C=O) groups excluding carboxylic acids is 1. The predicted octanol–water partition coefficient (Wildman–Crippen LogP) is 2.71. The van der Waals surface area contributed by atoms with Crippen molar-refractivity contribution >= 4 is 23.2 Å². The third kappa shape index (κ3) is 3.79. The molecule has 9 heteroatoms. The maximum absolute atomic E-state index is 13.0. The molecule has 0 radical (unpaired) electrons.